The third-order valence-electron chi connectivity index (χ3n) is 5.30. The summed E-state index contributed by atoms with van der Waals surface area (Å²) in [5.41, 5.74) is 0.262. The zero-order chi connectivity index (χ0) is 21.6. The molecular formula is C23H31NO4S2. The standard InChI is InChI=1S/C23H31NO4S2/c1-3-4-5-6-7-11-14-22-23(28-22)29(25,20-12-9-8-10-13-20)24-30(26,27)21-17-15-19(2)16-18-21/h8-10,12-13,15-18,22-23H,3-7,11,14H2,1-2H3/t22-,23-,29-/m1/s1. The summed E-state index contributed by atoms with van der Waals surface area (Å²) in [5.74, 6) is 0. The summed E-state index contributed by atoms with van der Waals surface area (Å²) in [6.45, 7) is 4.07. The number of aryl methyl sites for hydroxylation is 1. The van der Waals surface area contributed by atoms with E-state index in [1.807, 2.05) is 6.92 Å². The average Bonchev–Trinajstić information content (AvgIpc) is 3.52. The fourth-order valence-electron chi connectivity index (χ4n) is 3.47. The van der Waals surface area contributed by atoms with Crippen molar-refractivity contribution in [3.05, 3.63) is 60.2 Å². The fourth-order valence-corrected chi connectivity index (χ4v) is 7.80. The van der Waals surface area contributed by atoms with E-state index in [-0.39, 0.29) is 11.0 Å². The highest BCUT2D eigenvalue weighted by molar-refractivity contribution is 8.03. The first-order valence-electron chi connectivity index (χ1n) is 10.7. The lowest BCUT2D eigenvalue weighted by atomic mass is 10.1. The van der Waals surface area contributed by atoms with Gasteiger partial charge in [0, 0.05) is 0 Å². The van der Waals surface area contributed by atoms with Crippen LogP contribution in [0.5, 0.6) is 0 Å². The Labute approximate surface area is 181 Å². The lowest BCUT2D eigenvalue weighted by Crippen LogP contribution is -2.14. The number of sulfonamides is 1. The van der Waals surface area contributed by atoms with Crippen molar-refractivity contribution < 1.29 is 17.4 Å². The third kappa shape index (κ3) is 5.71. The molecule has 1 aliphatic rings. The van der Waals surface area contributed by atoms with Crippen LogP contribution in [0.2, 0.25) is 0 Å². The van der Waals surface area contributed by atoms with E-state index in [0.29, 0.717) is 4.90 Å². The minimum atomic E-state index is -4.08. The molecule has 0 unspecified atom stereocenters. The van der Waals surface area contributed by atoms with Gasteiger partial charge < -0.3 is 4.74 Å². The molecule has 1 aliphatic heterocycles. The zero-order valence-corrected chi connectivity index (χ0v) is 19.3. The summed E-state index contributed by atoms with van der Waals surface area (Å²) >= 11 is 0. The van der Waals surface area contributed by atoms with E-state index in [2.05, 4.69) is 10.7 Å². The van der Waals surface area contributed by atoms with Crippen molar-refractivity contribution in [2.24, 2.45) is 3.77 Å². The molecule has 164 valence electrons. The summed E-state index contributed by atoms with van der Waals surface area (Å²) < 4.78 is 49.5. The van der Waals surface area contributed by atoms with Gasteiger partial charge in [-0.25, -0.2) is 4.21 Å². The molecule has 2 aromatic carbocycles. The van der Waals surface area contributed by atoms with Crippen LogP contribution in [0.1, 0.15) is 57.4 Å². The molecule has 1 heterocycles. The summed E-state index contributed by atoms with van der Waals surface area (Å²) in [4.78, 5) is 0.445. The molecule has 7 heteroatoms. The summed E-state index contributed by atoms with van der Waals surface area (Å²) in [7, 11) is -7.35. The smallest absolute Gasteiger partial charge is 0.290 e. The van der Waals surface area contributed by atoms with E-state index in [1.54, 1.807) is 42.5 Å². The van der Waals surface area contributed by atoms with Gasteiger partial charge in [-0.05, 0) is 37.6 Å². The zero-order valence-electron chi connectivity index (χ0n) is 17.7. The molecule has 1 fully saturated rings. The van der Waals surface area contributed by atoms with Crippen molar-refractivity contribution in [3.63, 3.8) is 0 Å². The van der Waals surface area contributed by atoms with Gasteiger partial charge in [-0.15, -0.1) is 0 Å². The maximum absolute atomic E-state index is 13.9. The Morgan fingerprint density at radius 3 is 2.13 bits per heavy atom. The first-order chi connectivity index (χ1) is 14.4. The molecule has 0 N–H and O–H groups in total. The summed E-state index contributed by atoms with van der Waals surface area (Å²) in [6.07, 6.45) is 7.55. The maximum atomic E-state index is 13.9. The predicted octanol–water partition coefficient (Wildman–Crippen LogP) is 5.69. The number of rotatable bonds is 11. The Hall–Kier alpha value is -1.70. The monoisotopic (exact) mass is 449 g/mol. The second-order valence-electron chi connectivity index (χ2n) is 7.84. The van der Waals surface area contributed by atoms with Gasteiger partial charge in [0.25, 0.3) is 10.0 Å². The molecule has 3 atom stereocenters. The van der Waals surface area contributed by atoms with E-state index in [4.69, 9.17) is 4.74 Å². The number of benzene rings is 2. The predicted molar refractivity (Wildman–Crippen MR) is 120 cm³/mol. The van der Waals surface area contributed by atoms with Crippen LogP contribution in [0.15, 0.2) is 68.2 Å². The van der Waals surface area contributed by atoms with E-state index in [1.165, 1.54) is 37.8 Å². The van der Waals surface area contributed by atoms with Gasteiger partial charge in [-0.1, -0.05) is 85.1 Å². The molecule has 1 saturated heterocycles. The van der Waals surface area contributed by atoms with Crippen LogP contribution in [0.4, 0.5) is 0 Å². The second-order valence-corrected chi connectivity index (χ2v) is 11.9. The van der Waals surface area contributed by atoms with Gasteiger partial charge in [0.1, 0.15) is 9.73 Å². The Morgan fingerprint density at radius 1 is 0.833 bits per heavy atom. The van der Waals surface area contributed by atoms with Crippen LogP contribution in [0, 0.1) is 6.92 Å². The van der Waals surface area contributed by atoms with Crippen LogP contribution < -0.4 is 0 Å². The molecule has 0 saturated carbocycles. The van der Waals surface area contributed by atoms with Crippen molar-refractivity contribution in [3.8, 4) is 0 Å². The van der Waals surface area contributed by atoms with E-state index >= 15 is 0 Å². The van der Waals surface area contributed by atoms with Crippen LogP contribution in [-0.2, 0) is 24.5 Å². The van der Waals surface area contributed by atoms with Crippen molar-refractivity contribution in [1.82, 2.24) is 0 Å². The fraction of sp³-hybridized carbons (Fsp3) is 0.478. The van der Waals surface area contributed by atoms with Crippen molar-refractivity contribution in [1.29, 1.82) is 0 Å². The number of epoxide rings is 1. The quantitative estimate of drug-likeness (QED) is 0.326. The highest BCUT2D eigenvalue weighted by atomic mass is 32.3. The number of ether oxygens (including phenoxy) is 1. The Balaban J connectivity index is 1.81. The van der Waals surface area contributed by atoms with E-state index < -0.39 is 25.2 Å². The molecule has 5 nitrogen and oxygen atoms in total. The number of unbranched alkanes of at least 4 members (excludes halogenated alkanes) is 5. The highest BCUT2D eigenvalue weighted by Crippen LogP contribution is 2.38. The lowest BCUT2D eigenvalue weighted by Gasteiger charge is -2.09. The van der Waals surface area contributed by atoms with Crippen LogP contribution in [-0.4, -0.2) is 24.2 Å². The highest BCUT2D eigenvalue weighted by Gasteiger charge is 2.48. The molecular weight excluding hydrogens is 418 g/mol. The van der Waals surface area contributed by atoms with Crippen molar-refractivity contribution >= 4 is 19.8 Å². The number of hydrogen-bond donors (Lipinski definition) is 0. The molecule has 0 amide bonds. The molecule has 30 heavy (non-hydrogen) atoms. The number of nitrogens with zero attached hydrogens (tertiary/aromatic N) is 1. The molecule has 0 aromatic heterocycles. The molecule has 0 bridgehead atoms. The van der Waals surface area contributed by atoms with Crippen LogP contribution in [0.25, 0.3) is 0 Å². The van der Waals surface area contributed by atoms with Gasteiger partial charge in [0.05, 0.1) is 15.9 Å². The molecule has 0 spiro atoms. The molecule has 2 aromatic rings. The van der Waals surface area contributed by atoms with E-state index in [9.17, 15) is 12.6 Å². The first kappa shape index (κ1) is 23.0. The SMILES string of the molecule is CCCCCCCC[C@H]1O[C@@H]1[S@@](=O)(=NS(=O)(=O)c1ccc(C)cc1)c1ccccc1. The second kappa shape index (κ2) is 10.1. The van der Waals surface area contributed by atoms with Gasteiger partial charge >= 0.3 is 0 Å². The first-order valence-corrected chi connectivity index (χ1v) is 13.7. The van der Waals surface area contributed by atoms with Gasteiger partial charge in [0.2, 0.25) is 0 Å². The molecule has 0 radical (unpaired) electrons. The minimum absolute atomic E-state index is 0.0462. The Bertz CT molecular complexity index is 1040. The third-order valence-corrected chi connectivity index (χ3v) is 9.83. The van der Waals surface area contributed by atoms with Crippen molar-refractivity contribution in [2.45, 2.75) is 80.1 Å². The van der Waals surface area contributed by atoms with Crippen LogP contribution >= 0.6 is 0 Å². The van der Waals surface area contributed by atoms with E-state index in [0.717, 1.165) is 24.8 Å². The Kier molecular flexibility index (Phi) is 7.71. The van der Waals surface area contributed by atoms with Gasteiger partial charge in [-0.3, -0.25) is 0 Å². The topological polar surface area (TPSA) is 76.1 Å². The van der Waals surface area contributed by atoms with Gasteiger partial charge in [0.15, 0.2) is 5.44 Å². The normalized spacial score (nSPS) is 20.5. The maximum Gasteiger partial charge on any atom is 0.290 e. The Morgan fingerprint density at radius 2 is 1.47 bits per heavy atom. The average molecular weight is 450 g/mol. The molecule has 3 rings (SSSR count). The minimum Gasteiger partial charge on any atom is -0.354 e. The van der Waals surface area contributed by atoms with Crippen molar-refractivity contribution in [2.75, 3.05) is 0 Å². The van der Waals surface area contributed by atoms with Gasteiger partial charge in [-0.2, -0.15) is 8.42 Å². The lowest BCUT2D eigenvalue weighted by molar-refractivity contribution is 0.379. The largest absolute Gasteiger partial charge is 0.354 e. The molecule has 0 aliphatic carbocycles. The summed E-state index contributed by atoms with van der Waals surface area (Å²) in [6, 6.07) is 15.0. The van der Waals surface area contributed by atoms with Crippen LogP contribution in [0.3, 0.4) is 0 Å². The number of hydrogen-bond acceptors (Lipinski definition) is 4. The summed E-state index contributed by atoms with van der Waals surface area (Å²) in [5, 5.41) is 0.